The van der Waals surface area contributed by atoms with Crippen LogP contribution in [-0.2, 0) is 20.7 Å². The van der Waals surface area contributed by atoms with Crippen LogP contribution in [0.3, 0.4) is 0 Å². The number of amides is 1. The highest BCUT2D eigenvalue weighted by Crippen LogP contribution is 2.12. The Morgan fingerprint density at radius 3 is 2.85 bits per heavy atom. The van der Waals surface area contributed by atoms with Gasteiger partial charge < -0.3 is 20.9 Å². The Kier molecular flexibility index (Phi) is 6.69. The zero-order valence-electron chi connectivity index (χ0n) is 11.5. The van der Waals surface area contributed by atoms with Crippen molar-refractivity contribution in [3.63, 3.8) is 0 Å². The molecule has 0 aromatic heterocycles. The number of hydrogen-bond donors (Lipinski definition) is 3. The van der Waals surface area contributed by atoms with Gasteiger partial charge in [0.1, 0.15) is 0 Å². The number of hydrogen-bond acceptors (Lipinski definition) is 4. The molecule has 0 aliphatic rings. The number of ether oxygens (including phenoxy) is 1. The highest BCUT2D eigenvalue weighted by molar-refractivity contribution is 5.94. The summed E-state index contributed by atoms with van der Waals surface area (Å²) >= 11 is 0. The molecule has 1 atom stereocenters. The first-order chi connectivity index (χ1) is 9.52. The Balaban J connectivity index is 2.54. The predicted octanol–water partition coefficient (Wildman–Crippen LogP) is 1.01. The third-order valence-corrected chi connectivity index (χ3v) is 2.75. The molecular formula is C14H20N2O4. The quantitative estimate of drug-likeness (QED) is 0.617. The van der Waals surface area contributed by atoms with Crippen LogP contribution in [0.4, 0.5) is 5.69 Å². The van der Waals surface area contributed by atoms with Crippen molar-refractivity contribution in [1.29, 1.82) is 0 Å². The van der Waals surface area contributed by atoms with E-state index in [1.54, 1.807) is 31.4 Å². The number of benzene rings is 1. The van der Waals surface area contributed by atoms with Gasteiger partial charge in [-0.25, -0.2) is 0 Å². The Labute approximate surface area is 117 Å². The highest BCUT2D eigenvalue weighted by Gasteiger charge is 2.13. The number of aliphatic carboxylic acids is 1. The van der Waals surface area contributed by atoms with E-state index in [1.165, 1.54) is 0 Å². The maximum Gasteiger partial charge on any atom is 0.307 e. The van der Waals surface area contributed by atoms with Crippen LogP contribution in [0.5, 0.6) is 0 Å². The van der Waals surface area contributed by atoms with E-state index in [0.29, 0.717) is 30.7 Å². The fourth-order valence-corrected chi connectivity index (χ4v) is 1.75. The van der Waals surface area contributed by atoms with E-state index in [2.05, 4.69) is 5.32 Å². The zero-order valence-corrected chi connectivity index (χ0v) is 11.5. The van der Waals surface area contributed by atoms with Crippen molar-refractivity contribution < 1.29 is 19.4 Å². The molecule has 0 aliphatic heterocycles. The Morgan fingerprint density at radius 2 is 2.20 bits per heavy atom. The van der Waals surface area contributed by atoms with Crippen LogP contribution in [0.2, 0.25) is 0 Å². The van der Waals surface area contributed by atoms with Gasteiger partial charge in [-0.2, -0.15) is 0 Å². The number of carboxylic acid groups (broad SMARTS) is 1. The normalized spacial score (nSPS) is 11.9. The van der Waals surface area contributed by atoms with Crippen molar-refractivity contribution >= 4 is 17.6 Å². The fraction of sp³-hybridized carbons (Fsp3) is 0.429. The number of carbonyl (C=O) groups excluding carboxylic acids is 1. The van der Waals surface area contributed by atoms with Crippen molar-refractivity contribution in [2.24, 2.45) is 5.73 Å². The summed E-state index contributed by atoms with van der Waals surface area (Å²) in [6.07, 6.45) is 1.17. The molecule has 1 unspecified atom stereocenters. The van der Waals surface area contributed by atoms with Gasteiger partial charge >= 0.3 is 5.97 Å². The lowest BCUT2D eigenvalue weighted by Crippen LogP contribution is -2.35. The van der Waals surface area contributed by atoms with Crippen LogP contribution in [0.25, 0.3) is 0 Å². The van der Waals surface area contributed by atoms with Crippen LogP contribution in [0.1, 0.15) is 18.4 Å². The van der Waals surface area contributed by atoms with Gasteiger partial charge in [-0.15, -0.1) is 0 Å². The minimum absolute atomic E-state index is 0.0798. The molecule has 6 nitrogen and oxygen atoms in total. The Morgan fingerprint density at radius 1 is 1.45 bits per heavy atom. The summed E-state index contributed by atoms with van der Waals surface area (Å²) in [7, 11) is 1.60. The summed E-state index contributed by atoms with van der Waals surface area (Å²) in [5.74, 6) is -1.20. The monoisotopic (exact) mass is 280 g/mol. The molecule has 6 heteroatoms. The number of nitrogens with two attached hydrogens (primary N) is 1. The second-order valence-electron chi connectivity index (χ2n) is 4.50. The molecule has 0 fully saturated rings. The van der Waals surface area contributed by atoms with E-state index in [9.17, 15) is 9.59 Å². The molecule has 1 aromatic carbocycles. The predicted molar refractivity (Wildman–Crippen MR) is 75.5 cm³/mol. The van der Waals surface area contributed by atoms with E-state index in [-0.39, 0.29) is 12.3 Å². The molecule has 1 rings (SSSR count). The van der Waals surface area contributed by atoms with E-state index < -0.39 is 12.0 Å². The molecule has 0 spiro atoms. The lowest BCUT2D eigenvalue weighted by atomic mass is 10.1. The number of nitrogens with one attached hydrogen (secondary N) is 1. The van der Waals surface area contributed by atoms with Crippen molar-refractivity contribution in [3.8, 4) is 0 Å². The molecule has 0 saturated carbocycles. The third kappa shape index (κ3) is 5.81. The molecule has 0 aliphatic carbocycles. The molecule has 0 bridgehead atoms. The van der Waals surface area contributed by atoms with Gasteiger partial charge in [0.25, 0.3) is 0 Å². The first-order valence-corrected chi connectivity index (χ1v) is 6.39. The lowest BCUT2D eigenvalue weighted by molar-refractivity contribution is -0.136. The second-order valence-corrected chi connectivity index (χ2v) is 4.50. The average Bonchev–Trinajstić information content (AvgIpc) is 2.38. The Bertz CT molecular complexity index is 462. The summed E-state index contributed by atoms with van der Waals surface area (Å²) in [5, 5.41) is 11.4. The first-order valence-electron chi connectivity index (χ1n) is 6.39. The minimum Gasteiger partial charge on any atom is -0.481 e. The van der Waals surface area contributed by atoms with Crippen LogP contribution >= 0.6 is 0 Å². The molecule has 0 heterocycles. The van der Waals surface area contributed by atoms with E-state index >= 15 is 0 Å². The van der Waals surface area contributed by atoms with Crippen molar-refractivity contribution in [1.82, 2.24) is 0 Å². The number of rotatable bonds is 8. The van der Waals surface area contributed by atoms with Gasteiger partial charge in [0.2, 0.25) is 5.91 Å². The summed E-state index contributed by atoms with van der Waals surface area (Å²) in [6, 6.07) is 6.12. The molecule has 20 heavy (non-hydrogen) atoms. The maximum absolute atomic E-state index is 11.8. The topological polar surface area (TPSA) is 102 Å². The van der Waals surface area contributed by atoms with E-state index in [4.69, 9.17) is 15.6 Å². The summed E-state index contributed by atoms with van der Waals surface area (Å²) in [6.45, 7) is 0.565. The van der Waals surface area contributed by atoms with Gasteiger partial charge in [-0.3, -0.25) is 9.59 Å². The summed E-state index contributed by atoms with van der Waals surface area (Å²) < 4.78 is 4.90. The highest BCUT2D eigenvalue weighted by atomic mass is 16.5. The first kappa shape index (κ1) is 16.1. The third-order valence-electron chi connectivity index (χ3n) is 2.75. The number of anilines is 1. The molecule has 0 saturated heterocycles. The second kappa shape index (κ2) is 8.29. The van der Waals surface area contributed by atoms with Crippen LogP contribution in [0.15, 0.2) is 24.3 Å². The van der Waals surface area contributed by atoms with Crippen LogP contribution in [0, 0.1) is 0 Å². The van der Waals surface area contributed by atoms with Gasteiger partial charge in [0.05, 0.1) is 12.5 Å². The average molecular weight is 280 g/mol. The molecular weight excluding hydrogens is 260 g/mol. The number of carbonyl (C=O) groups is 2. The Hall–Kier alpha value is -1.92. The molecule has 0 radical (unpaired) electrons. The van der Waals surface area contributed by atoms with Gasteiger partial charge in [-0.05, 0) is 30.5 Å². The number of methoxy groups -OCH3 is 1. The minimum atomic E-state index is -0.912. The number of carboxylic acids is 1. The fourth-order valence-electron chi connectivity index (χ4n) is 1.75. The van der Waals surface area contributed by atoms with Crippen LogP contribution < -0.4 is 11.1 Å². The largest absolute Gasteiger partial charge is 0.481 e. The van der Waals surface area contributed by atoms with Gasteiger partial charge in [-0.1, -0.05) is 12.1 Å². The van der Waals surface area contributed by atoms with Crippen molar-refractivity contribution in [3.05, 3.63) is 29.8 Å². The SMILES string of the molecule is COCCCC(N)C(=O)Nc1cccc(CC(=O)O)c1. The molecule has 1 amide bonds. The van der Waals surface area contributed by atoms with E-state index in [1.807, 2.05) is 0 Å². The van der Waals surface area contributed by atoms with Gasteiger partial charge in [0, 0.05) is 19.4 Å². The molecule has 1 aromatic rings. The maximum atomic E-state index is 11.8. The summed E-state index contributed by atoms with van der Waals surface area (Å²) in [4.78, 5) is 22.5. The zero-order chi connectivity index (χ0) is 15.0. The van der Waals surface area contributed by atoms with Crippen molar-refractivity contribution in [2.75, 3.05) is 19.0 Å². The standard InChI is InChI=1S/C14H20N2O4/c1-20-7-3-6-12(15)14(19)16-11-5-2-4-10(8-11)9-13(17)18/h2,4-5,8,12H,3,6-7,9,15H2,1H3,(H,16,19)(H,17,18). The summed E-state index contributed by atoms with van der Waals surface area (Å²) in [5.41, 5.74) is 6.94. The lowest BCUT2D eigenvalue weighted by Gasteiger charge is -2.12. The van der Waals surface area contributed by atoms with Gasteiger partial charge in [0.15, 0.2) is 0 Å². The van der Waals surface area contributed by atoms with Crippen LogP contribution in [-0.4, -0.2) is 36.7 Å². The smallest absolute Gasteiger partial charge is 0.307 e. The molecule has 110 valence electrons. The molecule has 4 N–H and O–H groups in total. The van der Waals surface area contributed by atoms with E-state index in [0.717, 1.165) is 0 Å². The van der Waals surface area contributed by atoms with Crippen molar-refractivity contribution in [2.45, 2.75) is 25.3 Å².